The molecule has 0 fully saturated rings. The number of anilines is 1. The van der Waals surface area contributed by atoms with E-state index in [2.05, 4.69) is 0 Å². The van der Waals surface area contributed by atoms with Crippen molar-refractivity contribution in [3.8, 4) is 17.2 Å². The van der Waals surface area contributed by atoms with Crippen LogP contribution in [0.2, 0.25) is 0 Å². The molecule has 0 radical (unpaired) electrons. The Kier molecular flexibility index (Phi) is 5.45. The summed E-state index contributed by atoms with van der Waals surface area (Å²) in [7, 11) is 4.83. The fraction of sp³-hybridized carbons (Fsp3) is 0.120. The predicted octanol–water partition coefficient (Wildman–Crippen LogP) is 4.28. The summed E-state index contributed by atoms with van der Waals surface area (Å²) in [6, 6.07) is 21.8. The van der Waals surface area contributed by atoms with Crippen molar-refractivity contribution < 1.29 is 14.3 Å². The zero-order valence-corrected chi connectivity index (χ0v) is 17.5. The molecule has 3 aromatic carbocycles. The number of carbonyl (C=O) groups excluding carboxylic acids is 1. The summed E-state index contributed by atoms with van der Waals surface area (Å²) in [5.41, 5.74) is 1.90. The Morgan fingerprint density at radius 3 is 2.16 bits per heavy atom. The number of carbonyl (C=O) groups is 1. The van der Waals surface area contributed by atoms with E-state index in [-0.39, 0.29) is 16.9 Å². The van der Waals surface area contributed by atoms with E-state index in [9.17, 15) is 9.59 Å². The van der Waals surface area contributed by atoms with Gasteiger partial charge in [-0.1, -0.05) is 18.2 Å². The first kappa shape index (κ1) is 20.2. The predicted molar refractivity (Wildman–Crippen MR) is 122 cm³/mol. The molecule has 0 saturated heterocycles. The topological polar surface area (TPSA) is 60.8 Å². The number of amides is 1. The monoisotopic (exact) mass is 414 g/mol. The third-order valence-electron chi connectivity index (χ3n) is 5.24. The largest absolute Gasteiger partial charge is 0.497 e. The number of rotatable bonds is 5. The number of pyridine rings is 1. The second kappa shape index (κ2) is 8.36. The smallest absolute Gasteiger partial charge is 0.263 e. The van der Waals surface area contributed by atoms with Crippen molar-refractivity contribution in [2.75, 3.05) is 26.2 Å². The van der Waals surface area contributed by atoms with Crippen LogP contribution in [0.3, 0.4) is 0 Å². The summed E-state index contributed by atoms with van der Waals surface area (Å²) in [5.74, 6) is 0.956. The zero-order chi connectivity index (χ0) is 22.0. The van der Waals surface area contributed by atoms with E-state index in [4.69, 9.17) is 9.47 Å². The fourth-order valence-electron chi connectivity index (χ4n) is 3.49. The van der Waals surface area contributed by atoms with Crippen LogP contribution in [0.4, 0.5) is 5.69 Å². The highest BCUT2D eigenvalue weighted by molar-refractivity contribution is 6.07. The molecule has 6 heteroatoms. The van der Waals surface area contributed by atoms with E-state index < -0.39 is 0 Å². The molecule has 1 heterocycles. The summed E-state index contributed by atoms with van der Waals surface area (Å²) in [6.07, 6.45) is 1.59. The minimum Gasteiger partial charge on any atom is -0.497 e. The minimum absolute atomic E-state index is 0.0832. The van der Waals surface area contributed by atoms with Gasteiger partial charge in [-0.25, -0.2) is 0 Å². The van der Waals surface area contributed by atoms with Crippen LogP contribution in [0.15, 0.2) is 83.8 Å². The maximum absolute atomic E-state index is 13.3. The molecule has 156 valence electrons. The van der Waals surface area contributed by atoms with Crippen molar-refractivity contribution in [1.29, 1.82) is 0 Å². The molecule has 0 aliphatic carbocycles. The highest BCUT2D eigenvalue weighted by atomic mass is 16.5. The second-order valence-electron chi connectivity index (χ2n) is 7.02. The van der Waals surface area contributed by atoms with Crippen molar-refractivity contribution in [3.05, 3.63) is 94.8 Å². The molecule has 4 rings (SSSR count). The molecule has 1 aromatic heterocycles. The molecule has 0 unspecified atom stereocenters. The second-order valence-corrected chi connectivity index (χ2v) is 7.02. The van der Waals surface area contributed by atoms with Gasteiger partial charge in [0.2, 0.25) is 5.43 Å². The van der Waals surface area contributed by atoms with Crippen molar-refractivity contribution in [2.45, 2.75) is 0 Å². The minimum atomic E-state index is -0.379. The third kappa shape index (κ3) is 3.75. The summed E-state index contributed by atoms with van der Waals surface area (Å²) in [5, 5.41) is 0.434. The summed E-state index contributed by atoms with van der Waals surface area (Å²) < 4.78 is 12.4. The molecule has 0 N–H and O–H groups in total. The van der Waals surface area contributed by atoms with Gasteiger partial charge in [0.15, 0.2) is 0 Å². The lowest BCUT2D eigenvalue weighted by Gasteiger charge is -2.19. The molecule has 0 bridgehead atoms. The van der Waals surface area contributed by atoms with E-state index in [0.29, 0.717) is 28.1 Å². The van der Waals surface area contributed by atoms with E-state index >= 15 is 0 Å². The Morgan fingerprint density at radius 2 is 1.52 bits per heavy atom. The van der Waals surface area contributed by atoms with Crippen molar-refractivity contribution in [2.24, 2.45) is 0 Å². The molecule has 0 aliphatic rings. The average Bonchev–Trinajstić information content (AvgIpc) is 2.83. The zero-order valence-electron chi connectivity index (χ0n) is 17.5. The van der Waals surface area contributed by atoms with Crippen LogP contribution in [-0.2, 0) is 0 Å². The summed E-state index contributed by atoms with van der Waals surface area (Å²) in [6.45, 7) is 0. The van der Waals surface area contributed by atoms with Crippen LogP contribution in [-0.4, -0.2) is 31.7 Å². The molecular weight excluding hydrogens is 392 g/mol. The van der Waals surface area contributed by atoms with E-state index in [1.807, 2.05) is 59.2 Å². The van der Waals surface area contributed by atoms with Gasteiger partial charge < -0.3 is 18.9 Å². The Balaban J connectivity index is 1.93. The highest BCUT2D eigenvalue weighted by Gasteiger charge is 2.20. The van der Waals surface area contributed by atoms with Crippen molar-refractivity contribution in [3.63, 3.8) is 0 Å². The molecule has 0 saturated carbocycles. The van der Waals surface area contributed by atoms with E-state index in [0.717, 1.165) is 5.69 Å². The first-order valence-corrected chi connectivity index (χ1v) is 9.74. The number of hydrogen-bond donors (Lipinski definition) is 0. The van der Waals surface area contributed by atoms with Crippen LogP contribution < -0.4 is 19.8 Å². The molecule has 0 atom stereocenters. The average molecular weight is 414 g/mol. The maximum atomic E-state index is 13.3. The normalized spacial score (nSPS) is 10.7. The van der Waals surface area contributed by atoms with Gasteiger partial charge in [0.25, 0.3) is 5.91 Å². The number of nitrogens with zero attached hydrogens (tertiary/aromatic N) is 2. The van der Waals surface area contributed by atoms with Gasteiger partial charge in [0.1, 0.15) is 17.1 Å². The Hall–Kier alpha value is -4.06. The van der Waals surface area contributed by atoms with Crippen LogP contribution >= 0.6 is 0 Å². The lowest BCUT2D eigenvalue weighted by Crippen LogP contribution is -2.31. The van der Waals surface area contributed by atoms with Gasteiger partial charge in [0.05, 0.1) is 19.7 Å². The molecule has 4 aromatic rings. The fourth-order valence-corrected chi connectivity index (χ4v) is 3.49. The number of ether oxygens (including phenoxy) is 2. The maximum Gasteiger partial charge on any atom is 0.263 e. The molecule has 1 amide bonds. The van der Waals surface area contributed by atoms with Crippen molar-refractivity contribution >= 4 is 22.5 Å². The number of aromatic nitrogens is 1. The molecule has 6 nitrogen and oxygen atoms in total. The molecule has 31 heavy (non-hydrogen) atoms. The summed E-state index contributed by atoms with van der Waals surface area (Å²) in [4.78, 5) is 28.0. The number of methoxy groups -OCH3 is 2. The van der Waals surface area contributed by atoms with Crippen LogP contribution in [0.1, 0.15) is 10.4 Å². The third-order valence-corrected chi connectivity index (χ3v) is 5.24. The molecule has 0 spiro atoms. The van der Waals surface area contributed by atoms with Gasteiger partial charge in [-0.3, -0.25) is 9.59 Å². The molecular formula is C25H22N2O4. The first-order chi connectivity index (χ1) is 15.0. The Bertz CT molecular complexity index is 1300. The number of fused-ring (bicyclic) bond motifs is 1. The number of hydrogen-bond acceptors (Lipinski definition) is 4. The van der Waals surface area contributed by atoms with Crippen LogP contribution in [0, 0.1) is 0 Å². The van der Waals surface area contributed by atoms with Gasteiger partial charge in [-0.2, -0.15) is 0 Å². The number of para-hydroxylation sites is 1. The highest BCUT2D eigenvalue weighted by Crippen LogP contribution is 2.24. The van der Waals surface area contributed by atoms with E-state index in [1.165, 1.54) is 4.90 Å². The summed E-state index contributed by atoms with van der Waals surface area (Å²) >= 11 is 0. The Morgan fingerprint density at radius 1 is 0.871 bits per heavy atom. The van der Waals surface area contributed by atoms with Gasteiger partial charge in [-0.15, -0.1) is 0 Å². The van der Waals surface area contributed by atoms with Crippen molar-refractivity contribution in [1.82, 2.24) is 4.57 Å². The Labute approximate surface area is 179 Å². The lowest BCUT2D eigenvalue weighted by molar-refractivity contribution is 0.0991. The lowest BCUT2D eigenvalue weighted by atomic mass is 10.1. The standard InChI is InChI=1S/C25H22N2O4/c1-26(17-7-5-4-6-8-17)25(29)22-16-27(18-9-11-19(30-2)12-10-18)23-15-20(31-3)13-14-21(23)24(22)28/h4-16H,1-3H3. The van der Waals surface area contributed by atoms with Crippen LogP contribution in [0.5, 0.6) is 11.5 Å². The number of benzene rings is 3. The first-order valence-electron chi connectivity index (χ1n) is 9.74. The van der Waals surface area contributed by atoms with Crippen LogP contribution in [0.25, 0.3) is 16.6 Å². The molecule has 0 aliphatic heterocycles. The van der Waals surface area contributed by atoms with Gasteiger partial charge >= 0.3 is 0 Å². The van der Waals surface area contributed by atoms with Gasteiger partial charge in [0, 0.05) is 36.1 Å². The quantitative estimate of drug-likeness (QED) is 0.489. The SMILES string of the molecule is COc1ccc(-n2cc(C(=O)N(C)c3ccccc3)c(=O)c3ccc(OC)cc32)cc1. The van der Waals surface area contributed by atoms with Gasteiger partial charge in [-0.05, 0) is 48.5 Å². The van der Waals surface area contributed by atoms with E-state index in [1.54, 1.807) is 45.7 Å².